The van der Waals surface area contributed by atoms with Crippen LogP contribution in [0.25, 0.3) is 5.65 Å². The molecule has 116 valence electrons. The molecule has 0 saturated carbocycles. The highest BCUT2D eigenvalue weighted by Crippen LogP contribution is 2.18. The van der Waals surface area contributed by atoms with Crippen LogP contribution in [0.15, 0.2) is 23.0 Å². The average molecular weight is 302 g/mol. The molecule has 0 spiro atoms. The molecule has 3 aromatic heterocycles. The molecule has 3 rings (SSSR count). The Kier molecular flexibility index (Phi) is 3.44. The van der Waals surface area contributed by atoms with Gasteiger partial charge in [0.2, 0.25) is 11.8 Å². The number of hydrogen-bond donors (Lipinski definition) is 1. The third-order valence-corrected chi connectivity index (χ3v) is 3.45. The fourth-order valence-corrected chi connectivity index (χ4v) is 2.20. The zero-order valence-electron chi connectivity index (χ0n) is 12.9. The van der Waals surface area contributed by atoms with Gasteiger partial charge in [0, 0.05) is 25.4 Å². The number of hydrogen-bond acceptors (Lipinski definition) is 5. The molecule has 3 aromatic rings. The van der Waals surface area contributed by atoms with Gasteiger partial charge in [0.1, 0.15) is 17.3 Å². The molecule has 0 aliphatic heterocycles. The first-order valence-electron chi connectivity index (χ1n) is 7.10. The molecule has 22 heavy (non-hydrogen) atoms. The van der Waals surface area contributed by atoms with E-state index in [1.54, 1.807) is 23.8 Å². The number of rotatable bonds is 4. The smallest absolute Gasteiger partial charge is 0.257 e. The molecule has 0 aliphatic carbocycles. The summed E-state index contributed by atoms with van der Waals surface area (Å²) in [6.45, 7) is 5.75. The Morgan fingerprint density at radius 3 is 2.64 bits per heavy atom. The Hall–Kier alpha value is -2.64. The monoisotopic (exact) mass is 302 g/mol. The molecule has 8 nitrogen and oxygen atoms in total. The summed E-state index contributed by atoms with van der Waals surface area (Å²) in [6, 6.07) is -0.372. The maximum atomic E-state index is 12.4. The van der Waals surface area contributed by atoms with Gasteiger partial charge in [-0.2, -0.15) is 5.10 Å². The highest BCUT2D eigenvalue weighted by Gasteiger charge is 2.21. The van der Waals surface area contributed by atoms with E-state index >= 15 is 0 Å². The quantitative estimate of drug-likeness (QED) is 0.791. The molecule has 0 fully saturated rings. The molecule has 1 amide bonds. The Balaban J connectivity index is 1.79. The number of imidazole rings is 1. The van der Waals surface area contributed by atoms with Crippen molar-refractivity contribution in [2.75, 3.05) is 0 Å². The molecule has 0 saturated heterocycles. The average Bonchev–Trinajstić information content (AvgIpc) is 3.15. The van der Waals surface area contributed by atoms with Gasteiger partial charge >= 0.3 is 0 Å². The van der Waals surface area contributed by atoms with E-state index in [4.69, 9.17) is 4.42 Å². The summed E-state index contributed by atoms with van der Waals surface area (Å²) in [5, 5.41) is 15.0. The summed E-state index contributed by atoms with van der Waals surface area (Å²) in [5.74, 6) is 0.884. The number of fused-ring (bicyclic) bond motifs is 1. The van der Waals surface area contributed by atoms with Crippen LogP contribution in [0.1, 0.15) is 54.9 Å². The Labute approximate surface area is 127 Å². The second kappa shape index (κ2) is 5.28. The van der Waals surface area contributed by atoms with Gasteiger partial charge in [-0.15, -0.1) is 10.2 Å². The van der Waals surface area contributed by atoms with E-state index in [1.807, 2.05) is 31.7 Å². The third kappa shape index (κ3) is 2.36. The number of carbonyl (C=O) groups is 1. The molecule has 3 heterocycles. The molecule has 0 radical (unpaired) electrons. The van der Waals surface area contributed by atoms with Crippen molar-refractivity contribution in [1.29, 1.82) is 0 Å². The highest BCUT2D eigenvalue weighted by atomic mass is 16.4. The summed E-state index contributed by atoms with van der Waals surface area (Å²) >= 11 is 0. The van der Waals surface area contributed by atoms with Crippen LogP contribution < -0.4 is 5.32 Å². The Morgan fingerprint density at radius 2 is 1.95 bits per heavy atom. The number of nitrogens with zero attached hydrogens (tertiary/aromatic N) is 5. The Morgan fingerprint density at radius 1 is 1.23 bits per heavy atom. The largest absolute Gasteiger partial charge is 0.423 e. The predicted octanol–water partition coefficient (Wildman–Crippen LogP) is 1.67. The molecule has 8 heteroatoms. The Bertz CT molecular complexity index is 812. The van der Waals surface area contributed by atoms with Crippen LogP contribution in [0.4, 0.5) is 0 Å². The van der Waals surface area contributed by atoms with Crippen LogP contribution in [0.3, 0.4) is 0 Å². The van der Waals surface area contributed by atoms with Gasteiger partial charge in [0.15, 0.2) is 0 Å². The first-order valence-corrected chi connectivity index (χ1v) is 7.10. The molecule has 1 N–H and O–H groups in total. The highest BCUT2D eigenvalue weighted by molar-refractivity contribution is 5.99. The molecule has 1 atom stereocenters. The molecule has 0 unspecified atom stereocenters. The van der Waals surface area contributed by atoms with Crippen LogP contribution in [0.5, 0.6) is 0 Å². The SMILES string of the molecule is CC(C)c1nnc([C@H](C)NC(=O)c2cnn3ccn(C)c23)o1. The molecular formula is C14H18N6O2. The normalized spacial score (nSPS) is 13.0. The molecular weight excluding hydrogens is 284 g/mol. The zero-order chi connectivity index (χ0) is 15.9. The fraction of sp³-hybridized carbons (Fsp3) is 0.429. The van der Waals surface area contributed by atoms with E-state index in [-0.39, 0.29) is 17.9 Å². The molecule has 0 bridgehead atoms. The molecule has 0 aromatic carbocycles. The number of nitrogens with one attached hydrogen (secondary N) is 1. The zero-order valence-corrected chi connectivity index (χ0v) is 12.9. The second-order valence-corrected chi connectivity index (χ2v) is 5.56. The van der Waals surface area contributed by atoms with E-state index in [2.05, 4.69) is 20.6 Å². The lowest BCUT2D eigenvalue weighted by atomic mass is 10.2. The summed E-state index contributed by atoms with van der Waals surface area (Å²) in [6.07, 6.45) is 5.18. The van der Waals surface area contributed by atoms with Gasteiger partial charge < -0.3 is 14.3 Å². The van der Waals surface area contributed by atoms with Gasteiger partial charge in [-0.1, -0.05) is 13.8 Å². The minimum absolute atomic E-state index is 0.155. The van der Waals surface area contributed by atoms with Gasteiger partial charge in [-0.05, 0) is 6.92 Å². The topological polar surface area (TPSA) is 90.3 Å². The summed E-state index contributed by atoms with van der Waals surface area (Å²) < 4.78 is 9.06. The second-order valence-electron chi connectivity index (χ2n) is 5.56. The van der Waals surface area contributed by atoms with Gasteiger partial charge in [-0.3, -0.25) is 4.79 Å². The lowest BCUT2D eigenvalue weighted by molar-refractivity contribution is 0.0935. The minimum Gasteiger partial charge on any atom is -0.423 e. The van der Waals surface area contributed by atoms with Crippen molar-refractivity contribution in [3.8, 4) is 0 Å². The number of aromatic nitrogens is 5. The van der Waals surface area contributed by atoms with Gasteiger partial charge in [-0.25, -0.2) is 4.52 Å². The van der Waals surface area contributed by atoms with Crippen LogP contribution in [-0.2, 0) is 7.05 Å². The predicted molar refractivity (Wildman–Crippen MR) is 78.4 cm³/mol. The van der Waals surface area contributed by atoms with E-state index in [0.717, 1.165) is 5.65 Å². The van der Waals surface area contributed by atoms with Crippen molar-refractivity contribution in [2.45, 2.75) is 32.7 Å². The first kappa shape index (κ1) is 14.3. The van der Waals surface area contributed by atoms with Gasteiger partial charge in [0.05, 0.1) is 6.20 Å². The van der Waals surface area contributed by atoms with E-state index in [0.29, 0.717) is 17.3 Å². The van der Waals surface area contributed by atoms with Crippen molar-refractivity contribution in [2.24, 2.45) is 7.05 Å². The maximum Gasteiger partial charge on any atom is 0.257 e. The minimum atomic E-state index is -0.372. The third-order valence-electron chi connectivity index (χ3n) is 3.45. The van der Waals surface area contributed by atoms with Crippen LogP contribution in [-0.4, -0.2) is 30.3 Å². The first-order chi connectivity index (χ1) is 10.5. The van der Waals surface area contributed by atoms with Crippen molar-refractivity contribution in [3.05, 3.63) is 35.9 Å². The summed E-state index contributed by atoms with van der Waals surface area (Å²) in [5.41, 5.74) is 1.24. The fourth-order valence-electron chi connectivity index (χ4n) is 2.20. The number of amides is 1. The lowest BCUT2D eigenvalue weighted by Gasteiger charge is -2.09. The van der Waals surface area contributed by atoms with Crippen molar-refractivity contribution in [3.63, 3.8) is 0 Å². The van der Waals surface area contributed by atoms with E-state index < -0.39 is 0 Å². The van der Waals surface area contributed by atoms with Crippen molar-refractivity contribution < 1.29 is 9.21 Å². The summed E-state index contributed by atoms with van der Waals surface area (Å²) in [4.78, 5) is 12.4. The maximum absolute atomic E-state index is 12.4. The van der Waals surface area contributed by atoms with E-state index in [9.17, 15) is 4.79 Å². The van der Waals surface area contributed by atoms with Crippen LogP contribution in [0.2, 0.25) is 0 Å². The van der Waals surface area contributed by atoms with E-state index in [1.165, 1.54) is 0 Å². The summed E-state index contributed by atoms with van der Waals surface area (Å²) in [7, 11) is 1.87. The lowest BCUT2D eigenvalue weighted by Crippen LogP contribution is -2.27. The number of aryl methyl sites for hydroxylation is 1. The van der Waals surface area contributed by atoms with Crippen molar-refractivity contribution >= 4 is 11.6 Å². The van der Waals surface area contributed by atoms with Crippen LogP contribution >= 0.6 is 0 Å². The van der Waals surface area contributed by atoms with Crippen molar-refractivity contribution in [1.82, 2.24) is 29.7 Å². The molecule has 0 aliphatic rings. The standard InChI is InChI=1S/C14H18N6O2/c1-8(2)12-17-18-13(22-12)9(3)16-11(21)10-7-15-20-6-5-19(4)14(10)20/h5-9H,1-4H3,(H,16,21)/t9-/m0/s1. The van der Waals surface area contributed by atoms with Gasteiger partial charge in [0.25, 0.3) is 5.91 Å². The van der Waals surface area contributed by atoms with Crippen LogP contribution in [0, 0.1) is 0 Å². The number of carbonyl (C=O) groups excluding carboxylic acids is 1.